The zero-order valence-electron chi connectivity index (χ0n) is 32.5. The van der Waals surface area contributed by atoms with Crippen LogP contribution in [0.3, 0.4) is 0 Å². The van der Waals surface area contributed by atoms with Crippen molar-refractivity contribution in [3.8, 4) is 5.75 Å². The van der Waals surface area contributed by atoms with Gasteiger partial charge in [-0.1, -0.05) is 85.9 Å². The Morgan fingerprint density at radius 2 is 1.66 bits per heavy atom. The van der Waals surface area contributed by atoms with E-state index in [1.807, 2.05) is 17.0 Å². The van der Waals surface area contributed by atoms with E-state index in [4.69, 9.17) is 14.5 Å². The quantitative estimate of drug-likeness (QED) is 0.0854. The Labute approximate surface area is 329 Å². The average molecular weight is 818 g/mol. The third-order valence-electron chi connectivity index (χ3n) is 10.3. The number of ether oxygens (including phenoxy) is 2. The first-order valence-corrected chi connectivity index (χ1v) is 21.8. The summed E-state index contributed by atoms with van der Waals surface area (Å²) >= 11 is 4.89. The number of amides is 3. The molecule has 2 fully saturated rings. The van der Waals surface area contributed by atoms with Gasteiger partial charge in [-0.25, -0.2) is 9.78 Å². The number of aromatic nitrogens is 1. The molecule has 10 nitrogen and oxygen atoms in total. The summed E-state index contributed by atoms with van der Waals surface area (Å²) in [6.07, 6.45) is 15.5. The van der Waals surface area contributed by atoms with Gasteiger partial charge in [-0.3, -0.25) is 19.3 Å². The van der Waals surface area contributed by atoms with Crippen molar-refractivity contribution in [1.29, 1.82) is 0 Å². The maximum Gasteiger partial charge on any atom is 0.410 e. The number of carbonyl (C=O) groups is 4. The lowest BCUT2D eigenvalue weighted by molar-refractivity contribution is -0.140. The summed E-state index contributed by atoms with van der Waals surface area (Å²) in [4.78, 5) is 62.2. The van der Waals surface area contributed by atoms with Gasteiger partial charge in [0.1, 0.15) is 34.1 Å². The zero-order valence-corrected chi connectivity index (χ0v) is 34.9. The van der Waals surface area contributed by atoms with Gasteiger partial charge >= 0.3 is 6.09 Å². The fourth-order valence-corrected chi connectivity index (χ4v) is 8.47. The number of rotatable bonds is 19. The van der Waals surface area contributed by atoms with Crippen LogP contribution in [-0.4, -0.2) is 81.7 Å². The van der Waals surface area contributed by atoms with Gasteiger partial charge in [0, 0.05) is 29.9 Å². The van der Waals surface area contributed by atoms with Crippen LogP contribution < -0.4 is 10.1 Å². The van der Waals surface area contributed by atoms with Crippen molar-refractivity contribution < 1.29 is 28.7 Å². The minimum Gasteiger partial charge on any atom is -0.494 e. The predicted octanol–water partition coefficient (Wildman–Crippen LogP) is 9.25. The van der Waals surface area contributed by atoms with E-state index >= 15 is 0 Å². The summed E-state index contributed by atoms with van der Waals surface area (Å²) in [6, 6.07) is 5.48. The van der Waals surface area contributed by atoms with Crippen molar-refractivity contribution in [3.05, 3.63) is 45.9 Å². The molecule has 1 aliphatic carbocycles. The minimum atomic E-state index is -0.830. The largest absolute Gasteiger partial charge is 0.494 e. The van der Waals surface area contributed by atoms with Crippen LogP contribution in [0.5, 0.6) is 5.75 Å². The van der Waals surface area contributed by atoms with E-state index < -0.39 is 29.7 Å². The van der Waals surface area contributed by atoms with Gasteiger partial charge in [-0.15, -0.1) is 11.3 Å². The molecule has 12 heteroatoms. The van der Waals surface area contributed by atoms with E-state index in [-0.39, 0.29) is 23.7 Å². The van der Waals surface area contributed by atoms with Crippen LogP contribution in [-0.2, 0) is 14.3 Å². The number of thiazole rings is 1. The van der Waals surface area contributed by atoms with Crippen molar-refractivity contribution in [3.63, 3.8) is 0 Å². The lowest BCUT2D eigenvalue weighted by atomic mass is 9.83. The number of ketones is 1. The van der Waals surface area contributed by atoms with Crippen LogP contribution >= 0.6 is 27.3 Å². The van der Waals surface area contributed by atoms with E-state index in [0.29, 0.717) is 30.2 Å². The van der Waals surface area contributed by atoms with E-state index in [1.54, 1.807) is 45.2 Å². The molecule has 1 aromatic heterocycles. The molecule has 3 atom stereocenters. The number of alkyl halides is 1. The van der Waals surface area contributed by atoms with Crippen LogP contribution in [0.1, 0.15) is 151 Å². The molecule has 4 rings (SSSR count). The molecule has 2 aliphatic rings. The normalized spacial score (nSPS) is 17.6. The molecule has 2 aromatic rings. The number of unbranched alkanes of at least 4 members (excludes halogenated alkanes) is 7. The predicted molar refractivity (Wildman–Crippen MR) is 214 cm³/mol. The van der Waals surface area contributed by atoms with Crippen molar-refractivity contribution >= 4 is 51.0 Å². The Balaban J connectivity index is 1.37. The smallest absolute Gasteiger partial charge is 0.410 e. The number of nitrogens with one attached hydrogen (secondary N) is 1. The highest BCUT2D eigenvalue weighted by Gasteiger charge is 2.41. The van der Waals surface area contributed by atoms with E-state index in [1.165, 1.54) is 61.8 Å². The molecule has 1 saturated carbocycles. The van der Waals surface area contributed by atoms with Crippen LogP contribution in [0, 0.1) is 5.92 Å². The molecule has 1 aliphatic heterocycles. The topological polar surface area (TPSA) is 118 Å². The van der Waals surface area contributed by atoms with Gasteiger partial charge in [-0.05, 0) is 84.3 Å². The monoisotopic (exact) mass is 816 g/mol. The van der Waals surface area contributed by atoms with Crippen LogP contribution in [0.25, 0.3) is 0 Å². The summed E-state index contributed by atoms with van der Waals surface area (Å²) in [5, 5.41) is 6.65. The second kappa shape index (κ2) is 21.2. The molecule has 53 heavy (non-hydrogen) atoms. The minimum absolute atomic E-state index is 0.00215. The summed E-state index contributed by atoms with van der Waals surface area (Å²) < 4.78 is 11.5. The molecule has 1 aromatic carbocycles. The SMILES string of the molecule is C[C@@H](C(=O)N[C@H](C(=O)N1CCC[C@H]1c1nc(C(=O)c2cccc(OCCCCCCCCCCBr)c2)cs1)C1CCCCC1)N(C)C(=O)OC(C)(C)C. The number of halogens is 1. The molecule has 294 valence electrons. The van der Waals surface area contributed by atoms with Crippen LogP contribution in [0.4, 0.5) is 4.79 Å². The number of likely N-dealkylation sites (N-methyl/N-ethyl adjacent to an activating group) is 1. The lowest BCUT2D eigenvalue weighted by Crippen LogP contribution is -2.56. The molecule has 2 heterocycles. The maximum absolute atomic E-state index is 14.4. The lowest BCUT2D eigenvalue weighted by Gasteiger charge is -2.36. The first-order chi connectivity index (χ1) is 25.4. The second-order valence-electron chi connectivity index (χ2n) is 15.6. The Hall–Kier alpha value is -2.99. The van der Waals surface area contributed by atoms with Gasteiger partial charge in [0.15, 0.2) is 0 Å². The van der Waals surface area contributed by atoms with Crippen molar-refractivity contribution in [1.82, 2.24) is 20.1 Å². The molecular weight excluding hydrogens is 756 g/mol. The Kier molecular flexibility index (Phi) is 17.1. The number of likely N-dealkylation sites (tertiary alicyclic amines) is 1. The first-order valence-electron chi connectivity index (χ1n) is 19.7. The summed E-state index contributed by atoms with van der Waals surface area (Å²) in [7, 11) is 1.54. The van der Waals surface area contributed by atoms with Gasteiger partial charge in [-0.2, -0.15) is 0 Å². The maximum atomic E-state index is 14.4. The molecule has 0 radical (unpaired) electrons. The molecule has 0 unspecified atom stereocenters. The molecule has 1 N–H and O–H groups in total. The summed E-state index contributed by atoms with van der Waals surface area (Å²) in [5.41, 5.74) is 0.179. The van der Waals surface area contributed by atoms with Gasteiger partial charge in [0.25, 0.3) is 0 Å². The number of benzene rings is 1. The fraction of sp³-hybridized carbons (Fsp3) is 0.683. The third-order valence-corrected chi connectivity index (χ3v) is 11.8. The summed E-state index contributed by atoms with van der Waals surface area (Å²) in [5.74, 6) is -0.0149. The van der Waals surface area contributed by atoms with Crippen LogP contribution in [0.15, 0.2) is 29.6 Å². The molecule has 3 amide bonds. The van der Waals surface area contributed by atoms with E-state index in [2.05, 4.69) is 21.2 Å². The fourth-order valence-electron chi connectivity index (χ4n) is 7.12. The van der Waals surface area contributed by atoms with Crippen molar-refractivity contribution in [2.45, 2.75) is 148 Å². The number of hydrogen-bond acceptors (Lipinski definition) is 8. The highest BCUT2D eigenvalue weighted by atomic mass is 79.9. The average Bonchev–Trinajstić information content (AvgIpc) is 3.84. The van der Waals surface area contributed by atoms with Crippen molar-refractivity contribution in [2.24, 2.45) is 5.92 Å². The third kappa shape index (κ3) is 13.1. The standard InChI is InChI=1S/C41H61BrN4O6S/c1-29(45(5)40(50)52-41(2,3)4)37(48)44-35(30-19-13-12-14-20-30)39(49)46-25-18-23-34(46)38-43-33(28-53-38)36(47)31-21-17-22-32(27-31)51-26-16-11-9-7-6-8-10-15-24-42/h17,21-22,27-30,34-35H,6-16,18-20,23-26H2,1-5H3,(H,44,48)/t29-,34-,35-/m0/s1. The van der Waals surface area contributed by atoms with Crippen molar-refractivity contribution in [2.75, 3.05) is 25.5 Å². The number of carbonyl (C=O) groups excluding carboxylic acids is 4. The van der Waals surface area contributed by atoms with E-state index in [9.17, 15) is 19.2 Å². The van der Waals surface area contributed by atoms with Gasteiger partial charge in [0.05, 0.1) is 12.6 Å². The van der Waals surface area contributed by atoms with Gasteiger partial charge < -0.3 is 19.7 Å². The van der Waals surface area contributed by atoms with E-state index in [0.717, 1.165) is 68.1 Å². The summed E-state index contributed by atoms with van der Waals surface area (Å²) in [6.45, 7) is 8.15. The highest BCUT2D eigenvalue weighted by Crippen LogP contribution is 2.37. The highest BCUT2D eigenvalue weighted by molar-refractivity contribution is 9.09. The zero-order chi connectivity index (χ0) is 38.4. The number of nitrogens with zero attached hydrogens (tertiary/aromatic N) is 3. The Morgan fingerprint density at radius 3 is 2.34 bits per heavy atom. The Morgan fingerprint density at radius 1 is 0.981 bits per heavy atom. The Bertz CT molecular complexity index is 1490. The molecule has 1 saturated heterocycles. The van der Waals surface area contributed by atoms with Gasteiger partial charge in [0.2, 0.25) is 17.6 Å². The second-order valence-corrected chi connectivity index (χ2v) is 17.3. The molecule has 0 bridgehead atoms. The first kappa shape index (κ1) is 42.7. The van der Waals surface area contributed by atoms with Crippen LogP contribution in [0.2, 0.25) is 0 Å². The molecule has 0 spiro atoms. The molecular formula is C41H61BrN4O6S. The number of hydrogen-bond donors (Lipinski definition) is 1.